The van der Waals surface area contributed by atoms with Gasteiger partial charge in [0.05, 0.1) is 11.8 Å². The van der Waals surface area contributed by atoms with E-state index in [1.165, 1.54) is 0 Å². The lowest BCUT2D eigenvalue weighted by atomic mass is 10.00. The molecule has 1 aromatic rings. The van der Waals surface area contributed by atoms with Crippen LogP contribution in [0.4, 0.5) is 5.69 Å². The van der Waals surface area contributed by atoms with Crippen molar-refractivity contribution in [1.82, 2.24) is 4.98 Å². The topological polar surface area (TPSA) is 62.4 Å². The number of hydrogen-bond donors (Lipinski definition) is 2. The molecule has 1 aromatic heterocycles. The van der Waals surface area contributed by atoms with Crippen molar-refractivity contribution in [2.45, 2.75) is 18.9 Å². The summed E-state index contributed by atoms with van der Waals surface area (Å²) in [5, 5.41) is 9.93. The molecule has 1 saturated heterocycles. The third kappa shape index (κ3) is 1.97. The quantitative estimate of drug-likeness (QED) is 0.777. The summed E-state index contributed by atoms with van der Waals surface area (Å²) in [5.74, 6) is 1.05. The highest BCUT2D eigenvalue weighted by molar-refractivity contribution is 7.80. The summed E-state index contributed by atoms with van der Waals surface area (Å²) in [6.07, 6.45) is 3.71. The van der Waals surface area contributed by atoms with E-state index in [0.29, 0.717) is 22.5 Å². The summed E-state index contributed by atoms with van der Waals surface area (Å²) >= 11 is 4.95. The first-order valence-corrected chi connectivity index (χ1v) is 6.75. The van der Waals surface area contributed by atoms with Crippen LogP contribution in [0.15, 0.2) is 18.3 Å². The molecule has 0 spiro atoms. The van der Waals surface area contributed by atoms with E-state index in [1.54, 1.807) is 6.20 Å². The molecule has 2 fully saturated rings. The predicted octanol–water partition coefficient (Wildman–Crippen LogP) is 0.923. The Kier molecular flexibility index (Phi) is 2.95. The van der Waals surface area contributed by atoms with Crippen LogP contribution in [-0.2, 0) is 0 Å². The number of aliphatic hydroxyl groups is 1. The van der Waals surface area contributed by atoms with Crippen molar-refractivity contribution < 1.29 is 5.11 Å². The minimum atomic E-state index is -0.128. The number of rotatable bonds is 2. The van der Waals surface area contributed by atoms with Crippen LogP contribution < -0.4 is 10.6 Å². The van der Waals surface area contributed by atoms with Gasteiger partial charge in [0.15, 0.2) is 0 Å². The molecule has 2 heterocycles. The van der Waals surface area contributed by atoms with Gasteiger partial charge < -0.3 is 15.7 Å². The summed E-state index contributed by atoms with van der Waals surface area (Å²) < 4.78 is 0. The Hall–Kier alpha value is -1.20. The molecule has 96 valence electrons. The molecule has 0 radical (unpaired) electrons. The Labute approximate surface area is 112 Å². The van der Waals surface area contributed by atoms with Crippen molar-refractivity contribution >= 4 is 22.9 Å². The number of pyridine rings is 1. The Morgan fingerprint density at radius 1 is 1.44 bits per heavy atom. The SMILES string of the molecule is NC(=S)c1cc(N2CC3CCC(O)C3C2)ccn1. The fourth-order valence-electron chi connectivity index (χ4n) is 3.20. The van der Waals surface area contributed by atoms with Crippen LogP contribution in [0.25, 0.3) is 0 Å². The minimum Gasteiger partial charge on any atom is -0.393 e. The number of hydrogen-bond acceptors (Lipinski definition) is 4. The van der Waals surface area contributed by atoms with E-state index in [2.05, 4.69) is 9.88 Å². The predicted molar refractivity (Wildman–Crippen MR) is 74.6 cm³/mol. The van der Waals surface area contributed by atoms with Crippen molar-refractivity contribution in [2.75, 3.05) is 18.0 Å². The Balaban J connectivity index is 1.80. The molecule has 3 unspecified atom stereocenters. The third-order valence-corrected chi connectivity index (χ3v) is 4.39. The second-order valence-corrected chi connectivity index (χ2v) is 5.68. The van der Waals surface area contributed by atoms with Crippen LogP contribution in [0.3, 0.4) is 0 Å². The molecular weight excluding hydrogens is 246 g/mol. The van der Waals surface area contributed by atoms with Gasteiger partial charge in [-0.05, 0) is 30.9 Å². The second-order valence-electron chi connectivity index (χ2n) is 5.24. The summed E-state index contributed by atoms with van der Waals surface area (Å²) in [5.41, 5.74) is 7.38. The third-order valence-electron chi connectivity index (χ3n) is 4.18. The van der Waals surface area contributed by atoms with E-state index in [9.17, 15) is 5.11 Å². The first kappa shape index (κ1) is 11.9. The Morgan fingerprint density at radius 3 is 3.00 bits per heavy atom. The molecule has 4 nitrogen and oxygen atoms in total. The average Bonchev–Trinajstić information content (AvgIpc) is 2.92. The van der Waals surface area contributed by atoms with Crippen LogP contribution in [0.1, 0.15) is 18.5 Å². The van der Waals surface area contributed by atoms with E-state index >= 15 is 0 Å². The van der Waals surface area contributed by atoms with Gasteiger partial charge in [0.2, 0.25) is 0 Å². The number of aromatic nitrogens is 1. The second kappa shape index (κ2) is 4.48. The molecule has 18 heavy (non-hydrogen) atoms. The first-order valence-electron chi connectivity index (χ1n) is 6.34. The molecule has 1 aliphatic heterocycles. The molecule has 3 atom stereocenters. The lowest BCUT2D eigenvalue weighted by Crippen LogP contribution is -2.25. The fraction of sp³-hybridized carbons (Fsp3) is 0.538. The Bertz CT molecular complexity index is 479. The smallest absolute Gasteiger partial charge is 0.122 e. The van der Waals surface area contributed by atoms with Gasteiger partial charge in [0.25, 0.3) is 0 Å². The molecular formula is C13H17N3OS. The molecule has 0 amide bonds. The number of aliphatic hydroxyl groups excluding tert-OH is 1. The van der Waals surface area contributed by atoms with Crippen LogP contribution in [0.5, 0.6) is 0 Å². The largest absolute Gasteiger partial charge is 0.393 e. The normalized spacial score (nSPS) is 30.5. The highest BCUT2D eigenvalue weighted by Crippen LogP contribution is 2.39. The zero-order chi connectivity index (χ0) is 12.7. The minimum absolute atomic E-state index is 0.128. The van der Waals surface area contributed by atoms with Crippen LogP contribution in [0, 0.1) is 11.8 Å². The summed E-state index contributed by atoms with van der Waals surface area (Å²) in [6, 6.07) is 3.92. The summed E-state index contributed by atoms with van der Waals surface area (Å²) in [6.45, 7) is 1.94. The van der Waals surface area contributed by atoms with E-state index in [1.807, 2.05) is 12.1 Å². The number of nitrogens with two attached hydrogens (primary N) is 1. The van der Waals surface area contributed by atoms with Crippen molar-refractivity contribution in [3.63, 3.8) is 0 Å². The van der Waals surface area contributed by atoms with E-state index in [0.717, 1.165) is 31.6 Å². The van der Waals surface area contributed by atoms with Crippen LogP contribution in [0.2, 0.25) is 0 Å². The zero-order valence-electron chi connectivity index (χ0n) is 10.1. The highest BCUT2D eigenvalue weighted by Gasteiger charge is 2.41. The first-order chi connectivity index (χ1) is 8.65. The van der Waals surface area contributed by atoms with Crippen LogP contribution >= 0.6 is 12.2 Å². The highest BCUT2D eigenvalue weighted by atomic mass is 32.1. The van der Waals surface area contributed by atoms with Gasteiger partial charge in [-0.3, -0.25) is 4.98 Å². The van der Waals surface area contributed by atoms with Gasteiger partial charge >= 0.3 is 0 Å². The van der Waals surface area contributed by atoms with Gasteiger partial charge in [-0.2, -0.15) is 0 Å². The van der Waals surface area contributed by atoms with Crippen molar-refractivity contribution in [2.24, 2.45) is 17.6 Å². The molecule has 0 bridgehead atoms. The molecule has 1 saturated carbocycles. The Morgan fingerprint density at radius 2 is 2.28 bits per heavy atom. The van der Waals surface area contributed by atoms with E-state index in [4.69, 9.17) is 18.0 Å². The molecule has 3 N–H and O–H groups in total. The standard InChI is InChI=1S/C13H17N3OS/c14-13(18)11-5-9(3-4-15-11)16-6-8-1-2-12(17)10(8)7-16/h3-5,8,10,12,17H,1-2,6-7H2,(H2,14,18). The van der Waals surface area contributed by atoms with Gasteiger partial charge in [-0.1, -0.05) is 12.2 Å². The molecule has 5 heteroatoms. The van der Waals surface area contributed by atoms with Crippen LogP contribution in [-0.4, -0.2) is 34.3 Å². The monoisotopic (exact) mass is 263 g/mol. The number of thiocarbonyl (C=S) groups is 1. The molecule has 2 aliphatic rings. The molecule has 1 aliphatic carbocycles. The number of nitrogens with zero attached hydrogens (tertiary/aromatic N) is 2. The fourth-order valence-corrected chi connectivity index (χ4v) is 3.31. The zero-order valence-corrected chi connectivity index (χ0v) is 10.9. The molecule has 3 rings (SSSR count). The average molecular weight is 263 g/mol. The summed E-state index contributed by atoms with van der Waals surface area (Å²) in [7, 11) is 0. The number of anilines is 1. The lowest BCUT2D eigenvalue weighted by Gasteiger charge is -2.20. The van der Waals surface area contributed by atoms with Gasteiger partial charge in [0, 0.05) is 30.9 Å². The maximum Gasteiger partial charge on any atom is 0.122 e. The van der Waals surface area contributed by atoms with E-state index < -0.39 is 0 Å². The van der Waals surface area contributed by atoms with Crippen molar-refractivity contribution in [3.8, 4) is 0 Å². The van der Waals surface area contributed by atoms with Gasteiger partial charge in [0.1, 0.15) is 4.99 Å². The molecule has 0 aromatic carbocycles. The van der Waals surface area contributed by atoms with Gasteiger partial charge in [-0.15, -0.1) is 0 Å². The van der Waals surface area contributed by atoms with Crippen molar-refractivity contribution in [3.05, 3.63) is 24.0 Å². The van der Waals surface area contributed by atoms with Gasteiger partial charge in [-0.25, -0.2) is 0 Å². The summed E-state index contributed by atoms with van der Waals surface area (Å²) in [4.78, 5) is 6.79. The maximum absolute atomic E-state index is 9.93. The lowest BCUT2D eigenvalue weighted by molar-refractivity contribution is 0.133. The van der Waals surface area contributed by atoms with Crippen molar-refractivity contribution in [1.29, 1.82) is 0 Å². The number of fused-ring (bicyclic) bond motifs is 1. The van der Waals surface area contributed by atoms with E-state index in [-0.39, 0.29) is 6.10 Å². The maximum atomic E-state index is 9.93.